The molecule has 1 rings (SSSR count). The molecule has 0 fully saturated rings. The van der Waals surface area contributed by atoms with Gasteiger partial charge in [0.05, 0.1) is 6.54 Å². The third-order valence-electron chi connectivity index (χ3n) is 3.70. The van der Waals surface area contributed by atoms with E-state index in [2.05, 4.69) is 54.7 Å². The maximum atomic E-state index is 5.79. The van der Waals surface area contributed by atoms with Gasteiger partial charge in [-0.2, -0.15) is 11.8 Å². The Hall–Kier alpha value is -0.670. The third-order valence-corrected chi connectivity index (χ3v) is 4.95. The first-order chi connectivity index (χ1) is 11.9. The second-order valence-electron chi connectivity index (χ2n) is 6.81. The summed E-state index contributed by atoms with van der Waals surface area (Å²) in [5, 5.41) is 6.73. The van der Waals surface area contributed by atoms with E-state index in [1.165, 1.54) is 0 Å². The van der Waals surface area contributed by atoms with Crippen LogP contribution < -0.4 is 15.4 Å². The lowest BCUT2D eigenvalue weighted by atomic mass is 10.2. The third kappa shape index (κ3) is 11.1. The molecule has 0 aromatic heterocycles. The van der Waals surface area contributed by atoms with E-state index in [9.17, 15) is 0 Å². The summed E-state index contributed by atoms with van der Waals surface area (Å²) < 4.78 is 5.97. The predicted octanol–water partition coefficient (Wildman–Crippen LogP) is 3.44. The molecule has 0 atom stereocenters. The number of halogens is 1. The summed E-state index contributed by atoms with van der Waals surface area (Å²) in [4.78, 5) is 6.80. The van der Waals surface area contributed by atoms with Crippen molar-refractivity contribution in [3.8, 4) is 5.75 Å². The second kappa shape index (κ2) is 13.5. The highest BCUT2D eigenvalue weighted by atomic mass is 127. The van der Waals surface area contributed by atoms with Crippen LogP contribution in [0.5, 0.6) is 5.75 Å². The highest BCUT2D eigenvalue weighted by Crippen LogP contribution is 2.19. The molecule has 150 valence electrons. The average Bonchev–Trinajstić information content (AvgIpc) is 2.57. The standard InChI is InChI=1S/C19H34N4OS.HI/c1-7-20-18(22-15-19(2,3)25-6)21-14-16-9-8-10-17(13-16)24-12-11-23(4)5;/h8-10,13H,7,11-12,14-15H2,1-6H3,(H2,20,21,22);1H. The lowest BCUT2D eigenvalue weighted by molar-refractivity contribution is 0.261. The highest BCUT2D eigenvalue weighted by molar-refractivity contribution is 14.0. The van der Waals surface area contributed by atoms with Gasteiger partial charge in [0.25, 0.3) is 0 Å². The van der Waals surface area contributed by atoms with Gasteiger partial charge in [-0.05, 0) is 58.8 Å². The van der Waals surface area contributed by atoms with Crippen molar-refractivity contribution in [1.82, 2.24) is 15.5 Å². The van der Waals surface area contributed by atoms with Gasteiger partial charge in [0, 0.05) is 24.4 Å². The van der Waals surface area contributed by atoms with Crippen molar-refractivity contribution in [3.63, 3.8) is 0 Å². The van der Waals surface area contributed by atoms with Crippen LogP contribution in [0.1, 0.15) is 26.3 Å². The maximum Gasteiger partial charge on any atom is 0.191 e. The molecular formula is C19H35IN4OS. The molecule has 26 heavy (non-hydrogen) atoms. The fourth-order valence-electron chi connectivity index (χ4n) is 1.96. The molecule has 0 radical (unpaired) electrons. The molecule has 0 aliphatic heterocycles. The minimum Gasteiger partial charge on any atom is -0.492 e. The Morgan fingerprint density at radius 2 is 2.00 bits per heavy atom. The zero-order chi connectivity index (χ0) is 18.7. The van der Waals surface area contributed by atoms with E-state index in [0.29, 0.717) is 13.2 Å². The zero-order valence-corrected chi connectivity index (χ0v) is 20.1. The number of rotatable bonds is 10. The van der Waals surface area contributed by atoms with Gasteiger partial charge >= 0.3 is 0 Å². The highest BCUT2D eigenvalue weighted by Gasteiger charge is 2.16. The van der Waals surface area contributed by atoms with Crippen LogP contribution in [0, 0.1) is 0 Å². The van der Waals surface area contributed by atoms with Gasteiger partial charge in [0.1, 0.15) is 12.4 Å². The first kappa shape index (κ1) is 25.3. The van der Waals surface area contributed by atoms with Crippen molar-refractivity contribution in [2.45, 2.75) is 32.1 Å². The molecule has 0 heterocycles. The summed E-state index contributed by atoms with van der Waals surface area (Å²) in [6.07, 6.45) is 2.13. The summed E-state index contributed by atoms with van der Waals surface area (Å²) in [6.45, 7) is 10.5. The van der Waals surface area contributed by atoms with E-state index < -0.39 is 0 Å². The lowest BCUT2D eigenvalue weighted by Crippen LogP contribution is -2.43. The fourth-order valence-corrected chi connectivity index (χ4v) is 2.18. The lowest BCUT2D eigenvalue weighted by Gasteiger charge is -2.23. The number of guanidine groups is 1. The molecule has 0 aliphatic carbocycles. The van der Waals surface area contributed by atoms with Crippen molar-refractivity contribution >= 4 is 41.7 Å². The molecule has 2 N–H and O–H groups in total. The number of ether oxygens (including phenoxy) is 1. The minimum absolute atomic E-state index is 0. The van der Waals surface area contributed by atoms with E-state index in [1.807, 2.05) is 38.0 Å². The Morgan fingerprint density at radius 3 is 2.62 bits per heavy atom. The van der Waals surface area contributed by atoms with Crippen molar-refractivity contribution in [3.05, 3.63) is 29.8 Å². The van der Waals surface area contributed by atoms with Crippen LogP contribution in [-0.4, -0.2) is 62.2 Å². The van der Waals surface area contributed by atoms with E-state index in [-0.39, 0.29) is 28.7 Å². The van der Waals surface area contributed by atoms with Crippen LogP contribution in [-0.2, 0) is 6.54 Å². The van der Waals surface area contributed by atoms with Gasteiger partial charge in [-0.3, -0.25) is 0 Å². The Labute approximate surface area is 180 Å². The summed E-state index contributed by atoms with van der Waals surface area (Å²) in [5.74, 6) is 1.75. The number of hydrogen-bond acceptors (Lipinski definition) is 4. The Bertz CT molecular complexity index is 538. The van der Waals surface area contributed by atoms with E-state index in [0.717, 1.165) is 36.9 Å². The Balaban J connectivity index is 0.00000625. The molecule has 0 unspecified atom stereocenters. The fraction of sp³-hybridized carbons (Fsp3) is 0.632. The van der Waals surface area contributed by atoms with Crippen LogP contribution in [0.4, 0.5) is 0 Å². The van der Waals surface area contributed by atoms with Crippen molar-refractivity contribution in [2.24, 2.45) is 4.99 Å². The summed E-state index contributed by atoms with van der Waals surface area (Å²) in [5.41, 5.74) is 1.14. The van der Waals surface area contributed by atoms with E-state index >= 15 is 0 Å². The molecule has 0 saturated heterocycles. The van der Waals surface area contributed by atoms with Gasteiger partial charge in [0.2, 0.25) is 0 Å². The summed E-state index contributed by atoms with van der Waals surface area (Å²) in [6, 6.07) is 8.16. The number of benzene rings is 1. The first-order valence-corrected chi connectivity index (χ1v) is 10.0. The molecule has 1 aromatic carbocycles. The molecule has 0 spiro atoms. The van der Waals surface area contributed by atoms with Crippen LogP contribution in [0.25, 0.3) is 0 Å². The van der Waals surface area contributed by atoms with E-state index in [1.54, 1.807) is 0 Å². The average molecular weight is 494 g/mol. The van der Waals surface area contributed by atoms with Gasteiger partial charge in [0.15, 0.2) is 5.96 Å². The van der Waals surface area contributed by atoms with Crippen molar-refractivity contribution in [2.75, 3.05) is 46.6 Å². The summed E-state index contributed by atoms with van der Waals surface area (Å²) in [7, 11) is 4.09. The van der Waals surface area contributed by atoms with Crippen LogP contribution in [0.2, 0.25) is 0 Å². The number of hydrogen-bond donors (Lipinski definition) is 2. The van der Waals surface area contributed by atoms with Gasteiger partial charge in [-0.1, -0.05) is 12.1 Å². The number of aliphatic imine (C=N–C) groups is 1. The Morgan fingerprint density at radius 1 is 1.27 bits per heavy atom. The Kier molecular flexibility index (Phi) is 13.1. The molecule has 0 bridgehead atoms. The van der Waals surface area contributed by atoms with Gasteiger partial charge < -0.3 is 20.3 Å². The molecule has 7 heteroatoms. The van der Waals surface area contributed by atoms with Crippen LogP contribution in [0.3, 0.4) is 0 Å². The first-order valence-electron chi connectivity index (χ1n) is 8.80. The molecule has 5 nitrogen and oxygen atoms in total. The normalized spacial score (nSPS) is 11.9. The van der Waals surface area contributed by atoms with Gasteiger partial charge in [-0.25, -0.2) is 4.99 Å². The molecule has 1 aromatic rings. The van der Waals surface area contributed by atoms with Gasteiger partial charge in [-0.15, -0.1) is 24.0 Å². The molecular weight excluding hydrogens is 459 g/mol. The summed E-state index contributed by atoms with van der Waals surface area (Å²) >= 11 is 1.85. The van der Waals surface area contributed by atoms with E-state index in [4.69, 9.17) is 9.73 Å². The number of nitrogens with zero attached hydrogens (tertiary/aromatic N) is 2. The predicted molar refractivity (Wildman–Crippen MR) is 126 cm³/mol. The smallest absolute Gasteiger partial charge is 0.191 e. The minimum atomic E-state index is 0. The van der Waals surface area contributed by atoms with Crippen molar-refractivity contribution in [1.29, 1.82) is 0 Å². The molecule has 0 saturated carbocycles. The monoisotopic (exact) mass is 494 g/mol. The topological polar surface area (TPSA) is 48.9 Å². The molecule has 0 amide bonds. The number of likely N-dealkylation sites (N-methyl/N-ethyl adjacent to an activating group) is 1. The van der Waals surface area contributed by atoms with Crippen LogP contribution >= 0.6 is 35.7 Å². The SMILES string of the molecule is CCNC(=NCc1cccc(OCCN(C)C)c1)NCC(C)(C)SC.I. The van der Waals surface area contributed by atoms with Crippen LogP contribution in [0.15, 0.2) is 29.3 Å². The quantitative estimate of drug-likeness (QED) is 0.297. The van der Waals surface area contributed by atoms with Crippen molar-refractivity contribution < 1.29 is 4.74 Å². The maximum absolute atomic E-state index is 5.79. The zero-order valence-electron chi connectivity index (χ0n) is 17.0. The number of nitrogens with one attached hydrogen (secondary N) is 2. The largest absolute Gasteiger partial charge is 0.492 e. The molecule has 0 aliphatic rings. The second-order valence-corrected chi connectivity index (χ2v) is 8.33. The number of thioether (sulfide) groups is 1.